The molecule has 31 heavy (non-hydrogen) atoms. The summed E-state index contributed by atoms with van der Waals surface area (Å²) in [6, 6.07) is 9.33. The van der Waals surface area contributed by atoms with Gasteiger partial charge in [0.1, 0.15) is 18.0 Å². The maximum atomic E-state index is 13.2. The molecule has 1 aromatic heterocycles. The number of rotatable bonds is 9. The molecule has 2 aliphatic rings. The van der Waals surface area contributed by atoms with Crippen molar-refractivity contribution in [3.8, 4) is 11.5 Å². The highest BCUT2D eigenvalue weighted by atomic mass is 16.5. The normalized spacial score (nSPS) is 15.3. The Balaban J connectivity index is 1.45. The predicted octanol–water partition coefficient (Wildman–Crippen LogP) is 3.23. The molecule has 0 bridgehead atoms. The number of nitrogens with one attached hydrogen (secondary N) is 1. The van der Waals surface area contributed by atoms with E-state index >= 15 is 0 Å². The molecule has 1 N–H and O–H groups in total. The third-order valence-electron chi connectivity index (χ3n) is 5.90. The van der Waals surface area contributed by atoms with E-state index in [1.165, 1.54) is 0 Å². The summed E-state index contributed by atoms with van der Waals surface area (Å²) in [5, 5.41) is 2.91. The van der Waals surface area contributed by atoms with Crippen molar-refractivity contribution in [2.75, 3.05) is 26.1 Å². The van der Waals surface area contributed by atoms with Crippen molar-refractivity contribution >= 4 is 17.6 Å². The Kier molecular flexibility index (Phi) is 6.06. The van der Waals surface area contributed by atoms with Crippen LogP contribution in [0.2, 0.25) is 0 Å². The lowest BCUT2D eigenvalue weighted by atomic mass is 10.2. The van der Waals surface area contributed by atoms with Gasteiger partial charge in [0, 0.05) is 37.1 Å². The van der Waals surface area contributed by atoms with Gasteiger partial charge in [0.2, 0.25) is 5.91 Å². The molecule has 4 rings (SSSR count). The maximum absolute atomic E-state index is 13.2. The lowest BCUT2D eigenvalue weighted by Gasteiger charge is -2.28. The maximum Gasteiger partial charge on any atom is 0.322 e. The van der Waals surface area contributed by atoms with E-state index in [-0.39, 0.29) is 30.6 Å². The average molecular weight is 427 g/mol. The Morgan fingerprint density at radius 1 is 1.06 bits per heavy atom. The Hall–Kier alpha value is -3.16. The van der Waals surface area contributed by atoms with E-state index < -0.39 is 0 Å². The van der Waals surface area contributed by atoms with Crippen LogP contribution < -0.4 is 14.8 Å². The summed E-state index contributed by atoms with van der Waals surface area (Å²) in [6.07, 6.45) is 5.87. The number of methoxy groups -OCH3 is 2. The summed E-state index contributed by atoms with van der Waals surface area (Å²) in [6.45, 7) is 0.648. The van der Waals surface area contributed by atoms with Crippen molar-refractivity contribution in [1.29, 1.82) is 0 Å². The molecule has 0 aliphatic heterocycles. The number of ether oxygens (including phenoxy) is 2. The molecule has 166 valence electrons. The topological polar surface area (TPSA) is 76.0 Å². The van der Waals surface area contributed by atoms with Gasteiger partial charge in [-0.05, 0) is 49.9 Å². The van der Waals surface area contributed by atoms with Gasteiger partial charge in [0.15, 0.2) is 0 Å². The third-order valence-corrected chi connectivity index (χ3v) is 5.90. The van der Waals surface area contributed by atoms with E-state index in [2.05, 4.69) is 5.32 Å². The van der Waals surface area contributed by atoms with Gasteiger partial charge < -0.3 is 29.2 Å². The lowest BCUT2D eigenvalue weighted by Crippen LogP contribution is -2.46. The Morgan fingerprint density at radius 2 is 1.77 bits per heavy atom. The van der Waals surface area contributed by atoms with Crippen LogP contribution in [-0.2, 0) is 18.4 Å². The average Bonchev–Trinajstić information content (AvgIpc) is 3.69. The lowest BCUT2D eigenvalue weighted by molar-refractivity contribution is -0.133. The first-order valence-electron chi connectivity index (χ1n) is 10.7. The van der Waals surface area contributed by atoms with Crippen LogP contribution >= 0.6 is 0 Å². The molecule has 1 heterocycles. The number of amides is 3. The number of carbonyl (C=O) groups is 2. The molecule has 3 amide bonds. The molecule has 0 atom stereocenters. The first-order chi connectivity index (χ1) is 15.0. The number of carbonyl (C=O) groups excluding carboxylic acids is 2. The molecule has 0 radical (unpaired) electrons. The van der Waals surface area contributed by atoms with E-state index in [0.29, 0.717) is 23.7 Å². The minimum Gasteiger partial charge on any atom is -0.497 e. The molecule has 8 heteroatoms. The van der Waals surface area contributed by atoms with E-state index in [0.717, 1.165) is 31.4 Å². The molecule has 1 aromatic carbocycles. The van der Waals surface area contributed by atoms with Gasteiger partial charge in [-0.1, -0.05) is 0 Å². The van der Waals surface area contributed by atoms with Gasteiger partial charge >= 0.3 is 6.03 Å². The molecule has 2 aromatic rings. The quantitative estimate of drug-likeness (QED) is 0.668. The van der Waals surface area contributed by atoms with Gasteiger partial charge in [-0.25, -0.2) is 4.79 Å². The van der Waals surface area contributed by atoms with Crippen molar-refractivity contribution in [2.45, 2.75) is 44.3 Å². The van der Waals surface area contributed by atoms with Crippen LogP contribution in [-0.4, -0.2) is 59.2 Å². The number of hydrogen-bond donors (Lipinski definition) is 1. The fraction of sp³-hybridized carbons (Fsp3) is 0.478. The molecule has 8 nitrogen and oxygen atoms in total. The van der Waals surface area contributed by atoms with Crippen molar-refractivity contribution in [1.82, 2.24) is 14.4 Å². The molecule has 0 unspecified atom stereocenters. The van der Waals surface area contributed by atoms with Crippen LogP contribution in [0.4, 0.5) is 10.5 Å². The van der Waals surface area contributed by atoms with Crippen LogP contribution in [0.3, 0.4) is 0 Å². The van der Waals surface area contributed by atoms with Crippen molar-refractivity contribution in [2.24, 2.45) is 7.05 Å². The number of nitrogens with zero attached hydrogens (tertiary/aromatic N) is 3. The summed E-state index contributed by atoms with van der Waals surface area (Å²) in [7, 11) is 5.11. The zero-order chi connectivity index (χ0) is 22.0. The molecule has 2 aliphatic carbocycles. The summed E-state index contributed by atoms with van der Waals surface area (Å²) in [5.41, 5.74) is 1.64. The highest BCUT2D eigenvalue weighted by Gasteiger charge is 2.38. The van der Waals surface area contributed by atoms with E-state index in [1.54, 1.807) is 37.3 Å². The fourth-order valence-corrected chi connectivity index (χ4v) is 3.72. The Labute approximate surface area is 182 Å². The Morgan fingerprint density at radius 3 is 2.35 bits per heavy atom. The molecule has 2 fully saturated rings. The zero-order valence-corrected chi connectivity index (χ0v) is 18.3. The molecule has 0 spiro atoms. The first kappa shape index (κ1) is 21.1. The van der Waals surface area contributed by atoms with Crippen LogP contribution in [0.1, 0.15) is 31.4 Å². The van der Waals surface area contributed by atoms with Gasteiger partial charge in [-0.2, -0.15) is 0 Å². The van der Waals surface area contributed by atoms with Gasteiger partial charge in [0.05, 0.1) is 26.5 Å². The van der Waals surface area contributed by atoms with Gasteiger partial charge in [0.25, 0.3) is 0 Å². The fourth-order valence-electron chi connectivity index (χ4n) is 3.72. The van der Waals surface area contributed by atoms with Crippen LogP contribution in [0.15, 0.2) is 36.5 Å². The number of aromatic nitrogens is 1. The van der Waals surface area contributed by atoms with Gasteiger partial charge in [-0.15, -0.1) is 0 Å². The molecule has 2 saturated carbocycles. The largest absolute Gasteiger partial charge is 0.497 e. The van der Waals surface area contributed by atoms with E-state index in [9.17, 15) is 9.59 Å². The number of hydrogen-bond acceptors (Lipinski definition) is 4. The summed E-state index contributed by atoms with van der Waals surface area (Å²) in [5.74, 6) is 1.15. The summed E-state index contributed by atoms with van der Waals surface area (Å²) < 4.78 is 12.6. The number of anilines is 1. The van der Waals surface area contributed by atoms with Crippen molar-refractivity contribution in [3.63, 3.8) is 0 Å². The second kappa shape index (κ2) is 8.91. The SMILES string of the molecule is COc1ccc(NC(=O)N(CC(=O)N(Cc2cccn2C)C2CC2)C2CC2)c(OC)c1. The first-order valence-corrected chi connectivity index (χ1v) is 10.7. The van der Waals surface area contributed by atoms with Crippen LogP contribution in [0, 0.1) is 0 Å². The third kappa shape index (κ3) is 4.95. The summed E-state index contributed by atoms with van der Waals surface area (Å²) in [4.78, 5) is 29.9. The molecular formula is C23H30N4O4. The second-order valence-corrected chi connectivity index (χ2v) is 8.22. The Bertz CT molecular complexity index is 949. The van der Waals surface area contributed by atoms with Crippen molar-refractivity contribution < 1.29 is 19.1 Å². The molecular weight excluding hydrogens is 396 g/mol. The number of benzene rings is 1. The minimum absolute atomic E-state index is 0.00699. The van der Waals surface area contributed by atoms with E-state index in [1.807, 2.05) is 34.8 Å². The molecule has 0 saturated heterocycles. The highest BCUT2D eigenvalue weighted by Crippen LogP contribution is 2.33. The van der Waals surface area contributed by atoms with Crippen LogP contribution in [0.5, 0.6) is 11.5 Å². The monoisotopic (exact) mass is 426 g/mol. The minimum atomic E-state index is -0.283. The zero-order valence-electron chi connectivity index (χ0n) is 18.3. The second-order valence-electron chi connectivity index (χ2n) is 8.22. The highest BCUT2D eigenvalue weighted by molar-refractivity contribution is 5.94. The summed E-state index contributed by atoms with van der Waals surface area (Å²) >= 11 is 0. The standard InChI is InChI=1S/C23H30N4O4/c1-25-12-4-5-18(25)14-26(16-6-7-16)22(28)15-27(17-8-9-17)23(29)24-20-11-10-19(30-2)13-21(20)31-3/h4-5,10-13,16-17H,6-9,14-15H2,1-3H3,(H,24,29). The number of aryl methyl sites for hydroxylation is 1. The number of urea groups is 1. The smallest absolute Gasteiger partial charge is 0.322 e. The van der Waals surface area contributed by atoms with E-state index in [4.69, 9.17) is 9.47 Å². The van der Waals surface area contributed by atoms with Gasteiger partial charge in [-0.3, -0.25) is 4.79 Å². The van der Waals surface area contributed by atoms with Crippen molar-refractivity contribution in [3.05, 3.63) is 42.2 Å². The predicted molar refractivity (Wildman–Crippen MR) is 117 cm³/mol. The van der Waals surface area contributed by atoms with Crippen LogP contribution in [0.25, 0.3) is 0 Å².